The fraction of sp³-hybridized carbons (Fsp3) is 0.923. The first kappa shape index (κ1) is 14.5. The molecule has 100 valence electrons. The van der Waals surface area contributed by atoms with Gasteiger partial charge in [-0.2, -0.15) is 0 Å². The molecule has 17 heavy (non-hydrogen) atoms. The summed E-state index contributed by atoms with van der Waals surface area (Å²) in [5.74, 6) is 0.283. The number of hydrogen-bond donors (Lipinski definition) is 2. The molecule has 1 fully saturated rings. The normalized spacial score (nSPS) is 22.8. The number of carbonyl (C=O) groups excluding carboxylic acids is 1. The molecule has 0 spiro atoms. The van der Waals surface area contributed by atoms with Gasteiger partial charge in [0.2, 0.25) is 5.91 Å². The zero-order chi connectivity index (χ0) is 12.9. The monoisotopic (exact) mass is 243 g/mol. The zero-order valence-electron chi connectivity index (χ0n) is 11.2. The predicted molar refractivity (Wildman–Crippen MR) is 66.6 cm³/mol. The van der Waals surface area contributed by atoms with Crippen molar-refractivity contribution in [1.82, 2.24) is 5.32 Å². The molecule has 4 heteroatoms. The summed E-state index contributed by atoms with van der Waals surface area (Å²) in [6.45, 7) is 7.49. The summed E-state index contributed by atoms with van der Waals surface area (Å²) in [6.07, 6.45) is 2.48. The van der Waals surface area contributed by atoms with Crippen LogP contribution in [0.5, 0.6) is 0 Å². The van der Waals surface area contributed by atoms with E-state index < -0.39 is 5.60 Å². The number of rotatable bonds is 5. The van der Waals surface area contributed by atoms with Crippen LogP contribution in [0.1, 0.15) is 40.0 Å². The van der Waals surface area contributed by atoms with E-state index in [4.69, 9.17) is 4.74 Å². The summed E-state index contributed by atoms with van der Waals surface area (Å²) in [5.41, 5.74) is -0.824. The van der Waals surface area contributed by atoms with Crippen LogP contribution in [0.25, 0.3) is 0 Å². The van der Waals surface area contributed by atoms with Crippen molar-refractivity contribution < 1.29 is 14.6 Å². The molecule has 0 aromatic heterocycles. The van der Waals surface area contributed by atoms with Gasteiger partial charge in [0.15, 0.2) is 0 Å². The zero-order valence-corrected chi connectivity index (χ0v) is 11.2. The summed E-state index contributed by atoms with van der Waals surface area (Å²) >= 11 is 0. The van der Waals surface area contributed by atoms with E-state index in [1.165, 1.54) is 0 Å². The largest absolute Gasteiger partial charge is 0.388 e. The Balaban J connectivity index is 2.36. The maximum atomic E-state index is 11.9. The van der Waals surface area contributed by atoms with Gasteiger partial charge in [-0.05, 0) is 25.7 Å². The molecule has 1 rings (SSSR count). The highest BCUT2D eigenvalue weighted by molar-refractivity contribution is 5.78. The lowest BCUT2D eigenvalue weighted by Gasteiger charge is -2.31. The van der Waals surface area contributed by atoms with E-state index in [-0.39, 0.29) is 17.7 Å². The minimum Gasteiger partial charge on any atom is -0.388 e. The smallest absolute Gasteiger partial charge is 0.223 e. The van der Waals surface area contributed by atoms with Gasteiger partial charge in [-0.25, -0.2) is 0 Å². The molecule has 1 aliphatic heterocycles. The number of hydrogen-bond acceptors (Lipinski definition) is 3. The topological polar surface area (TPSA) is 58.6 Å². The third-order valence-electron chi connectivity index (χ3n) is 3.89. The Hall–Kier alpha value is -0.610. The first-order valence-corrected chi connectivity index (χ1v) is 6.55. The third-order valence-corrected chi connectivity index (χ3v) is 3.89. The van der Waals surface area contributed by atoms with Gasteiger partial charge in [0.05, 0.1) is 5.60 Å². The molecule has 1 aliphatic rings. The maximum Gasteiger partial charge on any atom is 0.223 e. The number of nitrogens with one attached hydrogen (secondary N) is 1. The van der Waals surface area contributed by atoms with Gasteiger partial charge in [0.25, 0.3) is 0 Å². The quantitative estimate of drug-likeness (QED) is 0.766. The average molecular weight is 243 g/mol. The maximum absolute atomic E-state index is 11.9. The van der Waals surface area contributed by atoms with Crippen molar-refractivity contribution in [2.75, 3.05) is 19.8 Å². The van der Waals surface area contributed by atoms with E-state index in [0.29, 0.717) is 19.8 Å². The Labute approximate surface area is 104 Å². The van der Waals surface area contributed by atoms with E-state index in [0.717, 1.165) is 19.3 Å². The molecule has 1 heterocycles. The standard InChI is InChI=1S/C13H25NO3/c1-4-10(2)13(3,16)9-14-12(15)11-5-7-17-8-6-11/h10-11,16H,4-9H2,1-3H3,(H,14,15). The van der Waals surface area contributed by atoms with Gasteiger partial charge in [0, 0.05) is 25.7 Å². The van der Waals surface area contributed by atoms with Gasteiger partial charge < -0.3 is 15.2 Å². The number of carbonyl (C=O) groups is 1. The minimum atomic E-state index is -0.824. The molecule has 2 N–H and O–H groups in total. The van der Waals surface area contributed by atoms with Crippen LogP contribution in [-0.4, -0.2) is 36.4 Å². The highest BCUT2D eigenvalue weighted by Gasteiger charge is 2.29. The van der Waals surface area contributed by atoms with Crippen molar-refractivity contribution >= 4 is 5.91 Å². The van der Waals surface area contributed by atoms with Gasteiger partial charge in [-0.3, -0.25) is 4.79 Å². The lowest BCUT2D eigenvalue weighted by molar-refractivity contribution is -0.129. The predicted octanol–water partition coefficient (Wildman–Crippen LogP) is 1.33. The van der Waals surface area contributed by atoms with Gasteiger partial charge >= 0.3 is 0 Å². The van der Waals surface area contributed by atoms with Crippen LogP contribution in [0.4, 0.5) is 0 Å². The van der Waals surface area contributed by atoms with Crippen LogP contribution in [0.15, 0.2) is 0 Å². The second kappa shape index (κ2) is 6.36. The number of amides is 1. The minimum absolute atomic E-state index is 0.0523. The fourth-order valence-corrected chi connectivity index (χ4v) is 1.98. The van der Waals surface area contributed by atoms with Crippen molar-refractivity contribution in [3.63, 3.8) is 0 Å². The van der Waals surface area contributed by atoms with E-state index >= 15 is 0 Å². The van der Waals surface area contributed by atoms with Gasteiger partial charge in [0.1, 0.15) is 0 Å². The second-order valence-electron chi connectivity index (χ2n) is 5.27. The van der Waals surface area contributed by atoms with Crippen molar-refractivity contribution in [2.24, 2.45) is 11.8 Å². The fourth-order valence-electron chi connectivity index (χ4n) is 1.98. The molecule has 1 amide bonds. The summed E-state index contributed by atoms with van der Waals surface area (Å²) in [4.78, 5) is 11.9. The lowest BCUT2D eigenvalue weighted by Crippen LogP contribution is -2.47. The Morgan fingerprint density at radius 1 is 1.53 bits per heavy atom. The summed E-state index contributed by atoms with van der Waals surface area (Å²) in [6, 6.07) is 0. The Morgan fingerprint density at radius 2 is 2.12 bits per heavy atom. The molecule has 0 aliphatic carbocycles. The Bertz CT molecular complexity index is 247. The molecule has 4 nitrogen and oxygen atoms in total. The Kier molecular flexibility index (Phi) is 5.40. The second-order valence-corrected chi connectivity index (χ2v) is 5.27. The van der Waals surface area contributed by atoms with Gasteiger partial charge in [-0.15, -0.1) is 0 Å². The molecule has 1 saturated heterocycles. The molecule has 0 radical (unpaired) electrons. The van der Waals surface area contributed by atoms with Crippen LogP contribution in [0.2, 0.25) is 0 Å². The van der Waals surface area contributed by atoms with Crippen molar-refractivity contribution in [2.45, 2.75) is 45.6 Å². The molecule has 0 aromatic rings. The van der Waals surface area contributed by atoms with Crippen LogP contribution in [-0.2, 0) is 9.53 Å². The molecular formula is C13H25NO3. The third kappa shape index (κ3) is 4.28. The summed E-state index contributed by atoms with van der Waals surface area (Å²) in [5, 5.41) is 13.1. The highest BCUT2D eigenvalue weighted by Crippen LogP contribution is 2.20. The van der Waals surface area contributed by atoms with Gasteiger partial charge in [-0.1, -0.05) is 20.3 Å². The van der Waals surface area contributed by atoms with E-state index in [1.54, 1.807) is 6.92 Å². The highest BCUT2D eigenvalue weighted by atomic mass is 16.5. The molecule has 0 saturated carbocycles. The van der Waals surface area contributed by atoms with Crippen LogP contribution < -0.4 is 5.32 Å². The summed E-state index contributed by atoms with van der Waals surface area (Å²) in [7, 11) is 0. The van der Waals surface area contributed by atoms with Crippen molar-refractivity contribution in [1.29, 1.82) is 0 Å². The molecule has 0 bridgehead atoms. The SMILES string of the molecule is CCC(C)C(C)(O)CNC(=O)C1CCOCC1. The first-order valence-electron chi connectivity index (χ1n) is 6.55. The lowest BCUT2D eigenvalue weighted by atomic mass is 9.88. The van der Waals surface area contributed by atoms with Crippen molar-refractivity contribution in [3.05, 3.63) is 0 Å². The number of ether oxygens (including phenoxy) is 1. The van der Waals surface area contributed by atoms with Crippen molar-refractivity contribution in [3.8, 4) is 0 Å². The van der Waals surface area contributed by atoms with Crippen LogP contribution in [0.3, 0.4) is 0 Å². The first-order chi connectivity index (χ1) is 7.97. The van der Waals surface area contributed by atoms with E-state index in [9.17, 15) is 9.90 Å². The van der Waals surface area contributed by atoms with Crippen LogP contribution >= 0.6 is 0 Å². The molecular weight excluding hydrogens is 218 g/mol. The number of aliphatic hydroxyl groups is 1. The summed E-state index contributed by atoms with van der Waals surface area (Å²) < 4.78 is 5.22. The average Bonchev–Trinajstić information content (AvgIpc) is 2.36. The van der Waals surface area contributed by atoms with E-state index in [1.807, 2.05) is 13.8 Å². The van der Waals surface area contributed by atoms with Crippen LogP contribution in [0, 0.1) is 11.8 Å². The van der Waals surface area contributed by atoms with E-state index in [2.05, 4.69) is 5.32 Å². The Morgan fingerprint density at radius 3 is 2.65 bits per heavy atom. The molecule has 0 aromatic carbocycles. The molecule has 2 atom stereocenters. The molecule has 2 unspecified atom stereocenters.